The lowest BCUT2D eigenvalue weighted by Crippen LogP contribution is -2.33. The summed E-state index contributed by atoms with van der Waals surface area (Å²) in [6.07, 6.45) is 10.6. The summed E-state index contributed by atoms with van der Waals surface area (Å²) in [6, 6.07) is 7.52. The Hall–Kier alpha value is -2.36. The lowest BCUT2D eigenvalue weighted by Gasteiger charge is -2.13. The number of thiocarbonyl (C=S) groups is 6. The molecule has 220 valence electrons. The predicted molar refractivity (Wildman–Crippen MR) is 193 cm³/mol. The van der Waals surface area contributed by atoms with Gasteiger partial charge in [-0.1, -0.05) is 73.3 Å². The first-order valence-corrected chi connectivity index (χ1v) is 15.7. The van der Waals surface area contributed by atoms with Gasteiger partial charge in [0, 0.05) is 101 Å². The summed E-state index contributed by atoms with van der Waals surface area (Å²) in [7, 11) is 0. The van der Waals surface area contributed by atoms with E-state index in [1.54, 1.807) is 24.8 Å². The molecule has 0 aromatic carbocycles. The molecule has 41 heavy (non-hydrogen) atoms. The second-order valence-corrected chi connectivity index (χ2v) is 11.5. The quantitative estimate of drug-likeness (QED) is 0.104. The zero-order chi connectivity index (χ0) is 29.7. The van der Waals surface area contributed by atoms with Gasteiger partial charge in [0.25, 0.3) is 0 Å². The van der Waals surface area contributed by atoms with Crippen molar-refractivity contribution in [2.75, 3.05) is 39.3 Å². The summed E-state index contributed by atoms with van der Waals surface area (Å²) in [5.74, 6) is 0. The Bertz CT molecular complexity index is 1060. The third kappa shape index (κ3) is 16.6. The van der Waals surface area contributed by atoms with E-state index >= 15 is 0 Å². The lowest BCUT2D eigenvalue weighted by molar-refractivity contribution is 0.731. The van der Waals surface area contributed by atoms with E-state index in [2.05, 4.69) is 41.9 Å². The van der Waals surface area contributed by atoms with Crippen LogP contribution >= 0.6 is 73.3 Å². The van der Waals surface area contributed by atoms with Crippen LogP contribution in [0.5, 0.6) is 0 Å². The molecule has 6 N–H and O–H groups in total. The van der Waals surface area contributed by atoms with Crippen LogP contribution in [-0.4, -0.2) is 79.2 Å². The Morgan fingerprint density at radius 2 is 0.732 bits per heavy atom. The normalized spacial score (nSPS) is 10.1. The molecule has 0 aliphatic carbocycles. The van der Waals surface area contributed by atoms with E-state index in [1.807, 2.05) is 24.3 Å². The van der Waals surface area contributed by atoms with Crippen molar-refractivity contribution in [1.82, 2.24) is 41.9 Å². The van der Waals surface area contributed by atoms with E-state index in [1.165, 1.54) is 0 Å². The molecule has 0 saturated heterocycles. The Kier molecular flexibility index (Phi) is 18.1. The molecule has 0 radical (unpaired) electrons. The Balaban J connectivity index is 1.39. The summed E-state index contributed by atoms with van der Waals surface area (Å²) in [5, 5.41) is 19.5. The molecule has 2 aromatic rings. The number of hydrogen-bond donors (Lipinski definition) is 6. The van der Waals surface area contributed by atoms with Crippen LogP contribution < -0.4 is 31.9 Å². The van der Waals surface area contributed by atoms with Gasteiger partial charge in [-0.3, -0.25) is 9.97 Å². The van der Waals surface area contributed by atoms with Gasteiger partial charge in [0.2, 0.25) is 0 Å². The van der Waals surface area contributed by atoms with Gasteiger partial charge in [0.05, 0.1) is 20.0 Å². The van der Waals surface area contributed by atoms with Crippen molar-refractivity contribution in [3.63, 3.8) is 0 Å². The predicted octanol–water partition coefficient (Wildman–Crippen LogP) is 3.33. The molecule has 0 atom stereocenters. The highest BCUT2D eigenvalue weighted by Gasteiger charge is 2.04. The fourth-order valence-electron chi connectivity index (χ4n) is 3.32. The fraction of sp³-hybridized carbons (Fsp3) is 0.407. The molecular weight excluding hydrogens is 629 g/mol. The Morgan fingerprint density at radius 3 is 1.07 bits per heavy atom. The van der Waals surface area contributed by atoms with Crippen LogP contribution in [0.15, 0.2) is 49.1 Å². The van der Waals surface area contributed by atoms with Crippen LogP contribution in [0.25, 0.3) is 0 Å². The third-order valence-electron chi connectivity index (χ3n) is 5.51. The van der Waals surface area contributed by atoms with E-state index in [0.29, 0.717) is 49.0 Å². The Morgan fingerprint density at radius 1 is 0.439 bits per heavy atom. The summed E-state index contributed by atoms with van der Waals surface area (Å²) in [6.45, 7) is 4.31. The molecule has 0 unspecified atom stereocenters. The smallest absolute Gasteiger partial charge is 0.106 e. The van der Waals surface area contributed by atoms with Gasteiger partial charge >= 0.3 is 0 Å². The topological polar surface area (TPSA) is 98.0 Å². The van der Waals surface area contributed by atoms with E-state index in [4.69, 9.17) is 73.3 Å². The van der Waals surface area contributed by atoms with Crippen LogP contribution in [-0.2, 0) is 0 Å². The molecular formula is C27H36N8S6. The molecule has 0 bridgehead atoms. The zero-order valence-corrected chi connectivity index (χ0v) is 27.6. The molecule has 0 fully saturated rings. The molecule has 0 saturated carbocycles. The van der Waals surface area contributed by atoms with Crippen molar-refractivity contribution in [1.29, 1.82) is 0 Å². The molecule has 14 heteroatoms. The van der Waals surface area contributed by atoms with Crippen molar-refractivity contribution in [2.24, 2.45) is 0 Å². The monoisotopic (exact) mass is 664 g/mol. The first-order chi connectivity index (χ1) is 19.8. The van der Waals surface area contributed by atoms with Crippen LogP contribution in [0.1, 0.15) is 43.2 Å². The minimum absolute atomic E-state index is 0.674. The average Bonchev–Trinajstić information content (AvgIpc) is 2.97. The molecule has 2 rings (SSSR count). The third-order valence-corrected chi connectivity index (χ3v) is 7.66. The summed E-state index contributed by atoms with van der Waals surface area (Å²) >= 11 is 32.4. The standard InChI is InChI=1S/C27H36N8S6/c36-22(6-16-32-24(38)8-18-34-26(40)20-2-12-28-13-3-20)30-10-1-11-31-23(37)7-17-33-25(39)9-19-35-27(41)21-4-14-29-15-5-21/h2-5,12-15H,1,6-11,16-19H2,(H,30,36)(H,31,37)(H,32,38)(H,33,39)(H,34,40)(H,35,41). The first-order valence-electron chi connectivity index (χ1n) is 13.3. The van der Waals surface area contributed by atoms with E-state index in [-0.39, 0.29) is 0 Å². The largest absolute Gasteiger partial charge is 0.380 e. The van der Waals surface area contributed by atoms with Gasteiger partial charge in [0.15, 0.2) is 0 Å². The SMILES string of the molecule is S=C(CCNC(=S)CCNC(=S)c1ccncc1)NCCCNC(=S)CCNC(=S)CCNC(=S)c1ccncc1. The molecule has 0 amide bonds. The van der Waals surface area contributed by atoms with E-state index in [9.17, 15) is 0 Å². The first kappa shape index (κ1) is 34.8. The fourth-order valence-corrected chi connectivity index (χ4v) is 4.61. The highest BCUT2D eigenvalue weighted by molar-refractivity contribution is 7.81. The van der Waals surface area contributed by atoms with Crippen molar-refractivity contribution in [2.45, 2.75) is 32.1 Å². The number of aromatic nitrogens is 2. The van der Waals surface area contributed by atoms with Crippen molar-refractivity contribution in [3.05, 3.63) is 60.2 Å². The number of pyridine rings is 2. The molecule has 0 spiro atoms. The van der Waals surface area contributed by atoms with Gasteiger partial charge in [-0.05, 0) is 30.7 Å². The second-order valence-electron chi connectivity index (χ2n) is 8.74. The van der Waals surface area contributed by atoms with Crippen LogP contribution in [0.4, 0.5) is 0 Å². The summed E-state index contributed by atoms with van der Waals surface area (Å²) in [5.41, 5.74) is 1.89. The minimum atomic E-state index is 0.674. The van der Waals surface area contributed by atoms with E-state index in [0.717, 1.165) is 63.4 Å². The summed E-state index contributed by atoms with van der Waals surface area (Å²) < 4.78 is 0. The second kappa shape index (κ2) is 21.4. The van der Waals surface area contributed by atoms with E-state index < -0.39 is 0 Å². The maximum Gasteiger partial charge on any atom is 0.106 e. The van der Waals surface area contributed by atoms with Crippen molar-refractivity contribution < 1.29 is 0 Å². The number of rotatable bonds is 18. The zero-order valence-electron chi connectivity index (χ0n) is 22.7. The van der Waals surface area contributed by atoms with Crippen molar-refractivity contribution in [3.8, 4) is 0 Å². The van der Waals surface area contributed by atoms with Gasteiger partial charge in [-0.25, -0.2) is 0 Å². The number of hydrogen-bond acceptors (Lipinski definition) is 8. The molecule has 0 aliphatic rings. The summed E-state index contributed by atoms with van der Waals surface area (Å²) in [4.78, 5) is 12.6. The molecule has 2 aromatic heterocycles. The maximum absolute atomic E-state index is 5.42. The van der Waals surface area contributed by atoms with Crippen LogP contribution in [0, 0.1) is 0 Å². The van der Waals surface area contributed by atoms with Crippen molar-refractivity contribution >= 4 is 103 Å². The van der Waals surface area contributed by atoms with Gasteiger partial charge in [-0.15, -0.1) is 0 Å². The minimum Gasteiger partial charge on any atom is -0.380 e. The molecule has 2 heterocycles. The lowest BCUT2D eigenvalue weighted by atomic mass is 10.2. The number of nitrogens with one attached hydrogen (secondary N) is 6. The highest BCUT2D eigenvalue weighted by Crippen LogP contribution is 1.98. The van der Waals surface area contributed by atoms with Gasteiger partial charge < -0.3 is 31.9 Å². The van der Waals surface area contributed by atoms with Gasteiger partial charge in [-0.2, -0.15) is 0 Å². The average molecular weight is 665 g/mol. The van der Waals surface area contributed by atoms with Crippen LogP contribution in [0.2, 0.25) is 0 Å². The molecule has 8 nitrogen and oxygen atoms in total. The molecule has 0 aliphatic heterocycles. The Labute approximate surface area is 275 Å². The van der Waals surface area contributed by atoms with Crippen LogP contribution in [0.3, 0.4) is 0 Å². The van der Waals surface area contributed by atoms with Gasteiger partial charge in [0.1, 0.15) is 9.98 Å². The maximum atomic E-state index is 5.42. The highest BCUT2D eigenvalue weighted by atomic mass is 32.1. The number of nitrogens with zero attached hydrogens (tertiary/aromatic N) is 2.